The first-order chi connectivity index (χ1) is 21.5. The number of anilines is 2. The fourth-order valence-electron chi connectivity index (χ4n) is 7.93. The number of hydrogen-bond acceptors (Lipinski definition) is 5. The van der Waals surface area contributed by atoms with Gasteiger partial charge in [0.1, 0.15) is 0 Å². The van der Waals surface area contributed by atoms with Crippen LogP contribution in [0.1, 0.15) is 37.3 Å². The second-order valence-corrected chi connectivity index (χ2v) is 16.9. The van der Waals surface area contributed by atoms with Crippen molar-refractivity contribution in [2.75, 3.05) is 29.9 Å². The molecule has 238 valence electrons. The normalized spacial score (nSPS) is 26.2. The zero-order valence-corrected chi connectivity index (χ0v) is 27.0. The molecule has 0 bridgehead atoms. The molecule has 4 heterocycles. The van der Waals surface area contributed by atoms with Crippen molar-refractivity contribution in [1.82, 2.24) is 9.88 Å². The largest absolute Gasteiger partial charge is 0.394 e. The van der Waals surface area contributed by atoms with Crippen LogP contribution in [-0.2, 0) is 31.1 Å². The number of fused-ring (bicyclic) bond motifs is 3. The number of rotatable bonds is 9. The fraction of sp³-hybridized carbons (Fsp3) is 0.441. The van der Waals surface area contributed by atoms with Crippen molar-refractivity contribution >= 4 is 48.4 Å². The van der Waals surface area contributed by atoms with Crippen molar-refractivity contribution in [3.63, 3.8) is 0 Å². The summed E-state index contributed by atoms with van der Waals surface area (Å²) in [7, 11) is -3.47. The molecule has 3 aliphatic heterocycles. The molecule has 11 heteroatoms. The molecule has 0 aliphatic carbocycles. The van der Waals surface area contributed by atoms with Crippen molar-refractivity contribution < 1.29 is 28.3 Å². The smallest absolute Gasteiger partial charge is 0.264 e. The first-order valence-corrected chi connectivity index (χ1v) is 18.6. The number of likely N-dealkylation sites (tertiary alicyclic amines) is 1. The average molecular weight is 633 g/mol. The van der Waals surface area contributed by atoms with E-state index in [4.69, 9.17) is 4.74 Å². The summed E-state index contributed by atoms with van der Waals surface area (Å²) < 4.78 is 22.9. The molecule has 9 nitrogen and oxygen atoms in total. The lowest BCUT2D eigenvalue weighted by Crippen LogP contribution is -2.45. The van der Waals surface area contributed by atoms with Crippen molar-refractivity contribution in [3.8, 4) is 0 Å². The second kappa shape index (κ2) is 11.8. The third-order valence-electron chi connectivity index (χ3n) is 9.87. The molecule has 1 aromatic heterocycles. The number of amides is 3. The minimum Gasteiger partial charge on any atom is -0.394 e. The number of H-pyrrole nitrogens is 1. The molecule has 3 aliphatic rings. The van der Waals surface area contributed by atoms with Crippen LogP contribution >= 0.6 is 0 Å². The van der Waals surface area contributed by atoms with Gasteiger partial charge < -0.3 is 34.1 Å². The molecule has 3 amide bonds. The van der Waals surface area contributed by atoms with Crippen LogP contribution in [0.3, 0.4) is 0 Å². The zero-order valence-electron chi connectivity index (χ0n) is 26.0. The Balaban J connectivity index is 1.33. The van der Waals surface area contributed by atoms with Crippen LogP contribution < -0.4 is 10.2 Å². The van der Waals surface area contributed by atoms with Gasteiger partial charge in [-0.15, -0.1) is 6.58 Å². The monoisotopic (exact) mass is 632 g/mol. The number of aromatic amines is 1. The molecular formula is C34H41FN4O5Si. The number of aromatic nitrogens is 1. The lowest BCUT2D eigenvalue weighted by Gasteiger charge is -2.31. The minimum absolute atomic E-state index is 0.0707. The molecule has 2 saturated heterocycles. The highest BCUT2D eigenvalue weighted by atomic mass is 28.4. The predicted molar refractivity (Wildman–Crippen MR) is 174 cm³/mol. The van der Waals surface area contributed by atoms with Crippen LogP contribution in [0.25, 0.3) is 10.9 Å². The van der Waals surface area contributed by atoms with E-state index in [1.165, 1.54) is 0 Å². The molecule has 5 atom stereocenters. The molecule has 45 heavy (non-hydrogen) atoms. The minimum atomic E-state index is -3.47. The number of para-hydroxylation sites is 1. The molecule has 3 N–H and O–H groups in total. The van der Waals surface area contributed by atoms with Gasteiger partial charge in [-0.2, -0.15) is 0 Å². The lowest BCUT2D eigenvalue weighted by molar-refractivity contribution is -0.149. The SMILES string of the molecule is C=CCN1C(=O)[C@]2(O[C@H](CC(=O)N3CCC[C@H]3CO)[C@@H]([Si](C)(C)F)[C@@H]2C)c2cc(NC(=O)Cc3c[nH]c4ccccc34)ccc21. The van der Waals surface area contributed by atoms with Crippen LogP contribution in [0.4, 0.5) is 15.5 Å². The Morgan fingerprint density at radius 2 is 2.04 bits per heavy atom. The van der Waals surface area contributed by atoms with Crippen LogP contribution in [-0.4, -0.2) is 73.0 Å². The third-order valence-corrected chi connectivity index (χ3v) is 12.3. The second-order valence-electron chi connectivity index (χ2n) is 13.1. The summed E-state index contributed by atoms with van der Waals surface area (Å²) in [4.78, 5) is 47.5. The van der Waals surface area contributed by atoms with Crippen LogP contribution in [0, 0.1) is 5.92 Å². The molecule has 1 spiro atoms. The van der Waals surface area contributed by atoms with Crippen molar-refractivity contribution in [2.45, 2.75) is 69.0 Å². The Labute approximate surface area is 263 Å². The first-order valence-electron chi connectivity index (χ1n) is 15.7. The highest BCUT2D eigenvalue weighted by Gasteiger charge is 2.67. The van der Waals surface area contributed by atoms with Crippen molar-refractivity contribution in [1.29, 1.82) is 0 Å². The number of benzene rings is 2. The Morgan fingerprint density at radius 1 is 1.27 bits per heavy atom. The summed E-state index contributed by atoms with van der Waals surface area (Å²) in [6.45, 7) is 9.52. The number of halogens is 1. The topological polar surface area (TPSA) is 115 Å². The number of nitrogens with zero attached hydrogens (tertiary/aromatic N) is 2. The predicted octanol–water partition coefficient (Wildman–Crippen LogP) is 5.03. The maximum atomic E-state index is 16.2. The van der Waals surface area contributed by atoms with Gasteiger partial charge in [0.25, 0.3) is 5.91 Å². The van der Waals surface area contributed by atoms with E-state index in [1.54, 1.807) is 47.2 Å². The zero-order chi connectivity index (χ0) is 32.1. The number of carbonyl (C=O) groups excluding carboxylic acids is 3. The highest BCUT2D eigenvalue weighted by molar-refractivity contribution is 6.72. The van der Waals surface area contributed by atoms with Gasteiger partial charge in [0.05, 0.1) is 37.3 Å². The Hall–Kier alpha value is -3.80. The van der Waals surface area contributed by atoms with Gasteiger partial charge in [-0.05, 0) is 55.8 Å². The van der Waals surface area contributed by atoms with E-state index in [9.17, 15) is 19.5 Å². The first kappa shape index (κ1) is 31.2. The number of aliphatic hydroxyl groups is 1. The van der Waals surface area contributed by atoms with Gasteiger partial charge >= 0.3 is 0 Å². The summed E-state index contributed by atoms with van der Waals surface area (Å²) in [5.74, 6) is -1.31. The molecule has 0 unspecified atom stereocenters. The molecule has 2 aromatic carbocycles. The molecule has 6 rings (SSSR count). The van der Waals surface area contributed by atoms with E-state index >= 15 is 4.11 Å². The third kappa shape index (κ3) is 5.30. The Morgan fingerprint density at radius 3 is 2.78 bits per heavy atom. The Kier molecular flexibility index (Phi) is 8.21. The van der Waals surface area contributed by atoms with Gasteiger partial charge in [-0.1, -0.05) is 31.2 Å². The summed E-state index contributed by atoms with van der Waals surface area (Å²) in [6, 6.07) is 12.8. The highest BCUT2D eigenvalue weighted by Crippen LogP contribution is 2.60. The van der Waals surface area contributed by atoms with Gasteiger partial charge in [0, 0.05) is 52.9 Å². The molecule has 0 saturated carbocycles. The van der Waals surface area contributed by atoms with Gasteiger partial charge in [-0.3, -0.25) is 14.4 Å². The summed E-state index contributed by atoms with van der Waals surface area (Å²) in [5, 5.41) is 13.8. The summed E-state index contributed by atoms with van der Waals surface area (Å²) >= 11 is 0. The number of hydrogen-bond donors (Lipinski definition) is 3. The van der Waals surface area contributed by atoms with E-state index in [0.717, 1.165) is 29.3 Å². The molecule has 2 fully saturated rings. The average Bonchev–Trinajstić information content (AvgIpc) is 3.75. The standard InChI is InChI=1S/C34H41FN4O5Si/c1-5-14-39-28-13-12-23(37-30(41)16-22-19-36-27-11-7-6-10-25(22)27)17-26(28)34(33(39)43)21(2)32(45(3,4)35)29(44-34)18-31(42)38-15-8-9-24(38)20-40/h5-7,10-13,17,19,21,24,29,32,36,40H,1,8-9,14-16,18,20H2,2-4H3,(H,37,41)/t21-,24-,29+,32-,34+/m0/s1. The number of nitrogens with one attached hydrogen (secondary N) is 2. The molecule has 3 aromatic rings. The van der Waals surface area contributed by atoms with E-state index in [2.05, 4.69) is 16.9 Å². The lowest BCUT2D eigenvalue weighted by atomic mass is 9.82. The van der Waals surface area contributed by atoms with E-state index in [-0.39, 0.29) is 49.8 Å². The van der Waals surface area contributed by atoms with Gasteiger partial charge in [-0.25, -0.2) is 0 Å². The Bertz CT molecular complexity index is 1650. The number of ether oxygens (including phenoxy) is 1. The maximum absolute atomic E-state index is 16.2. The van der Waals surface area contributed by atoms with Crippen LogP contribution in [0.5, 0.6) is 0 Å². The summed E-state index contributed by atoms with van der Waals surface area (Å²) in [5.41, 5.74) is 1.32. The van der Waals surface area contributed by atoms with E-state index in [0.29, 0.717) is 23.5 Å². The fourth-order valence-corrected chi connectivity index (χ4v) is 10.4. The van der Waals surface area contributed by atoms with Crippen LogP contribution in [0.15, 0.2) is 61.3 Å². The van der Waals surface area contributed by atoms with E-state index < -0.39 is 31.6 Å². The number of carbonyl (C=O) groups is 3. The maximum Gasteiger partial charge on any atom is 0.264 e. The van der Waals surface area contributed by atoms with Crippen molar-refractivity contribution in [3.05, 3.63) is 72.4 Å². The van der Waals surface area contributed by atoms with Gasteiger partial charge in [0.2, 0.25) is 20.2 Å². The molecule has 0 radical (unpaired) electrons. The van der Waals surface area contributed by atoms with Gasteiger partial charge in [0.15, 0.2) is 5.60 Å². The summed E-state index contributed by atoms with van der Waals surface area (Å²) in [6.07, 6.45) is 4.24. The quantitative estimate of drug-likeness (QED) is 0.174. The van der Waals surface area contributed by atoms with Crippen LogP contribution in [0.2, 0.25) is 18.6 Å². The van der Waals surface area contributed by atoms with Crippen molar-refractivity contribution in [2.24, 2.45) is 5.92 Å². The molecular weight excluding hydrogens is 591 g/mol. The number of aliphatic hydroxyl groups excluding tert-OH is 1. The van der Waals surface area contributed by atoms with E-state index in [1.807, 2.05) is 37.4 Å².